The zero-order chi connectivity index (χ0) is 20.1. The fraction of sp³-hybridized carbons (Fsp3) is 0.227. The van der Waals surface area contributed by atoms with Gasteiger partial charge in [-0.15, -0.1) is 0 Å². The number of carbonyl (C=O) groups is 2. The van der Waals surface area contributed by atoms with Gasteiger partial charge in [-0.25, -0.2) is 9.59 Å². The molecule has 0 amide bonds. The van der Waals surface area contributed by atoms with Gasteiger partial charge in [0.1, 0.15) is 5.56 Å². The van der Waals surface area contributed by atoms with Crippen LogP contribution in [0.4, 0.5) is 11.4 Å². The predicted molar refractivity (Wildman–Crippen MR) is 108 cm³/mol. The fourth-order valence-electron chi connectivity index (χ4n) is 2.81. The van der Waals surface area contributed by atoms with Crippen LogP contribution in [-0.4, -0.2) is 30.1 Å². The van der Waals surface area contributed by atoms with Crippen LogP contribution < -0.4 is 5.32 Å². The van der Waals surface area contributed by atoms with Crippen molar-refractivity contribution in [1.29, 1.82) is 0 Å². The van der Waals surface area contributed by atoms with Gasteiger partial charge in [0.25, 0.3) is 0 Å². The summed E-state index contributed by atoms with van der Waals surface area (Å²) in [5.74, 6) is -0.903. The molecule has 0 unspecified atom stereocenters. The van der Waals surface area contributed by atoms with Crippen molar-refractivity contribution in [1.82, 2.24) is 4.98 Å². The number of aromatic nitrogens is 1. The minimum absolute atomic E-state index is 0.254. The zero-order valence-corrected chi connectivity index (χ0v) is 16.1. The number of pyridine rings is 1. The molecule has 1 aromatic heterocycles. The van der Waals surface area contributed by atoms with Crippen LogP contribution >= 0.6 is 0 Å². The number of hydrogen-bond acceptors (Lipinski definition) is 6. The maximum absolute atomic E-state index is 12.5. The van der Waals surface area contributed by atoms with E-state index in [1.165, 1.54) is 6.20 Å². The summed E-state index contributed by atoms with van der Waals surface area (Å²) in [7, 11) is 0. The average Bonchev–Trinajstić information content (AvgIpc) is 2.70. The molecule has 0 aliphatic heterocycles. The van der Waals surface area contributed by atoms with E-state index in [0.29, 0.717) is 27.7 Å². The second-order valence-electron chi connectivity index (χ2n) is 6.21. The lowest BCUT2D eigenvalue weighted by atomic mass is 10.1. The summed E-state index contributed by atoms with van der Waals surface area (Å²) in [5, 5.41) is 3.92. The lowest BCUT2D eigenvalue weighted by Gasteiger charge is -2.15. The molecule has 0 bridgehead atoms. The van der Waals surface area contributed by atoms with E-state index in [1.54, 1.807) is 32.0 Å². The highest BCUT2D eigenvalue weighted by molar-refractivity contribution is 6.07. The van der Waals surface area contributed by atoms with Crippen molar-refractivity contribution in [2.75, 3.05) is 18.5 Å². The van der Waals surface area contributed by atoms with Crippen LogP contribution in [-0.2, 0) is 9.47 Å². The van der Waals surface area contributed by atoms with Crippen LogP contribution in [0.15, 0.2) is 48.7 Å². The number of rotatable bonds is 6. The van der Waals surface area contributed by atoms with E-state index in [4.69, 9.17) is 9.47 Å². The Morgan fingerprint density at radius 2 is 1.64 bits per heavy atom. The quantitative estimate of drug-likeness (QED) is 0.630. The molecule has 0 aliphatic carbocycles. The Balaban J connectivity index is 2.16. The van der Waals surface area contributed by atoms with E-state index in [1.807, 2.05) is 31.2 Å². The Bertz CT molecular complexity index is 1010. The lowest BCUT2D eigenvalue weighted by Crippen LogP contribution is -2.10. The molecule has 0 atom stereocenters. The molecule has 0 spiro atoms. The van der Waals surface area contributed by atoms with Gasteiger partial charge in [0, 0.05) is 17.3 Å². The van der Waals surface area contributed by atoms with Crippen LogP contribution in [0.5, 0.6) is 0 Å². The summed E-state index contributed by atoms with van der Waals surface area (Å²) >= 11 is 0. The Morgan fingerprint density at radius 3 is 2.32 bits per heavy atom. The number of benzene rings is 2. The lowest BCUT2D eigenvalue weighted by molar-refractivity contribution is 0.0518. The Hall–Kier alpha value is -3.41. The van der Waals surface area contributed by atoms with E-state index in [9.17, 15) is 9.59 Å². The number of fused-ring (bicyclic) bond motifs is 1. The number of hydrogen-bond donors (Lipinski definition) is 1. The third-order valence-corrected chi connectivity index (χ3v) is 4.20. The zero-order valence-electron chi connectivity index (χ0n) is 16.1. The second kappa shape index (κ2) is 8.52. The molecule has 144 valence electrons. The summed E-state index contributed by atoms with van der Waals surface area (Å²) in [4.78, 5) is 29.0. The second-order valence-corrected chi connectivity index (χ2v) is 6.21. The molecule has 0 radical (unpaired) electrons. The van der Waals surface area contributed by atoms with Crippen LogP contribution in [0.3, 0.4) is 0 Å². The number of aryl methyl sites for hydroxylation is 1. The SMILES string of the molecule is CCOC(=O)c1ccc2ncc(C(=O)OCC)c(Nc3ccc(C)cc3)c2c1. The van der Waals surface area contributed by atoms with Gasteiger partial charge in [0.2, 0.25) is 0 Å². The summed E-state index contributed by atoms with van der Waals surface area (Å²) in [5.41, 5.74) is 3.82. The first kappa shape index (κ1) is 19.4. The van der Waals surface area contributed by atoms with E-state index in [0.717, 1.165) is 11.3 Å². The fourth-order valence-corrected chi connectivity index (χ4v) is 2.81. The first-order valence-electron chi connectivity index (χ1n) is 9.14. The molecule has 1 N–H and O–H groups in total. The number of esters is 2. The molecular formula is C22H22N2O4. The largest absolute Gasteiger partial charge is 0.462 e. The number of nitrogens with one attached hydrogen (secondary N) is 1. The average molecular weight is 378 g/mol. The Morgan fingerprint density at radius 1 is 0.964 bits per heavy atom. The number of anilines is 2. The first-order valence-corrected chi connectivity index (χ1v) is 9.14. The first-order chi connectivity index (χ1) is 13.5. The molecular weight excluding hydrogens is 356 g/mol. The van der Waals surface area contributed by atoms with Crippen molar-refractivity contribution in [3.05, 3.63) is 65.4 Å². The van der Waals surface area contributed by atoms with Gasteiger partial charge in [-0.1, -0.05) is 17.7 Å². The molecule has 0 saturated carbocycles. The summed E-state index contributed by atoms with van der Waals surface area (Å²) in [6.45, 7) is 6.04. The Kier molecular flexibility index (Phi) is 5.89. The smallest absolute Gasteiger partial charge is 0.341 e. The van der Waals surface area contributed by atoms with Crippen molar-refractivity contribution in [3.8, 4) is 0 Å². The topological polar surface area (TPSA) is 77.5 Å². The third-order valence-electron chi connectivity index (χ3n) is 4.20. The van der Waals surface area contributed by atoms with Gasteiger partial charge in [-0.3, -0.25) is 4.98 Å². The Labute approximate surface area is 163 Å². The minimum Gasteiger partial charge on any atom is -0.462 e. The third kappa shape index (κ3) is 4.11. The van der Waals surface area contributed by atoms with Crippen LogP contribution in [0, 0.1) is 6.92 Å². The van der Waals surface area contributed by atoms with E-state index in [-0.39, 0.29) is 13.2 Å². The minimum atomic E-state index is -0.479. The van der Waals surface area contributed by atoms with Gasteiger partial charge in [0.05, 0.1) is 30.0 Å². The van der Waals surface area contributed by atoms with E-state index >= 15 is 0 Å². The monoisotopic (exact) mass is 378 g/mol. The maximum atomic E-state index is 12.5. The molecule has 0 fully saturated rings. The summed E-state index contributed by atoms with van der Waals surface area (Å²) in [6, 6.07) is 12.9. The molecule has 0 aliphatic rings. The predicted octanol–water partition coefficient (Wildman–Crippen LogP) is 4.64. The number of nitrogens with zero attached hydrogens (tertiary/aromatic N) is 1. The molecule has 2 aromatic carbocycles. The van der Waals surface area contributed by atoms with Gasteiger partial charge >= 0.3 is 11.9 Å². The molecule has 0 saturated heterocycles. The summed E-state index contributed by atoms with van der Waals surface area (Å²) in [6.07, 6.45) is 1.49. The number of ether oxygens (including phenoxy) is 2. The van der Waals surface area contributed by atoms with Gasteiger partial charge in [0.15, 0.2) is 0 Å². The van der Waals surface area contributed by atoms with E-state index < -0.39 is 11.9 Å². The standard InChI is InChI=1S/C22H22N2O4/c1-4-27-21(25)15-8-11-19-17(12-15)20(18(13-23-19)22(26)28-5-2)24-16-9-6-14(3)7-10-16/h6-13H,4-5H2,1-3H3,(H,23,24). The van der Waals surface area contributed by atoms with Crippen molar-refractivity contribution in [2.45, 2.75) is 20.8 Å². The van der Waals surface area contributed by atoms with Crippen molar-refractivity contribution in [2.24, 2.45) is 0 Å². The highest BCUT2D eigenvalue weighted by atomic mass is 16.5. The number of carbonyl (C=O) groups excluding carboxylic acids is 2. The molecule has 1 heterocycles. The molecule has 3 rings (SSSR count). The van der Waals surface area contributed by atoms with Gasteiger partial charge in [-0.05, 0) is 51.1 Å². The molecule has 3 aromatic rings. The van der Waals surface area contributed by atoms with E-state index in [2.05, 4.69) is 10.3 Å². The van der Waals surface area contributed by atoms with Crippen LogP contribution in [0.1, 0.15) is 40.1 Å². The molecule has 6 heteroatoms. The molecule has 28 heavy (non-hydrogen) atoms. The van der Waals surface area contributed by atoms with Crippen molar-refractivity contribution >= 4 is 34.2 Å². The highest BCUT2D eigenvalue weighted by Gasteiger charge is 2.18. The maximum Gasteiger partial charge on any atom is 0.341 e. The summed E-state index contributed by atoms with van der Waals surface area (Å²) < 4.78 is 10.3. The van der Waals surface area contributed by atoms with Crippen molar-refractivity contribution < 1.29 is 19.1 Å². The van der Waals surface area contributed by atoms with Crippen LogP contribution in [0.2, 0.25) is 0 Å². The van der Waals surface area contributed by atoms with Gasteiger partial charge in [-0.2, -0.15) is 0 Å². The van der Waals surface area contributed by atoms with Crippen LogP contribution in [0.25, 0.3) is 10.9 Å². The highest BCUT2D eigenvalue weighted by Crippen LogP contribution is 2.31. The molecule has 6 nitrogen and oxygen atoms in total. The normalized spacial score (nSPS) is 10.5. The van der Waals surface area contributed by atoms with Gasteiger partial charge < -0.3 is 14.8 Å². The van der Waals surface area contributed by atoms with Crippen molar-refractivity contribution in [3.63, 3.8) is 0 Å².